The van der Waals surface area contributed by atoms with E-state index in [4.69, 9.17) is 17.3 Å². The molecule has 0 unspecified atom stereocenters. The summed E-state index contributed by atoms with van der Waals surface area (Å²) in [6, 6.07) is 14.8. The Bertz CT molecular complexity index is 584. The van der Waals surface area contributed by atoms with Gasteiger partial charge in [0, 0.05) is 17.3 Å². The minimum absolute atomic E-state index is 0.0951. The lowest BCUT2D eigenvalue weighted by Gasteiger charge is -2.07. The highest BCUT2D eigenvalue weighted by atomic mass is 35.5. The second-order valence-electron chi connectivity index (χ2n) is 4.22. The first-order chi connectivity index (χ1) is 9.19. The van der Waals surface area contributed by atoms with Gasteiger partial charge in [0.05, 0.1) is 6.42 Å². The molecule has 0 saturated carbocycles. The van der Waals surface area contributed by atoms with Crippen LogP contribution in [0, 0.1) is 0 Å². The first-order valence-corrected chi connectivity index (χ1v) is 6.39. The number of hydrogen-bond donors (Lipinski definition) is 2. The molecule has 1 amide bonds. The van der Waals surface area contributed by atoms with E-state index >= 15 is 0 Å². The molecule has 0 bridgehead atoms. The number of amides is 1. The average molecular weight is 275 g/mol. The smallest absolute Gasteiger partial charge is 0.228 e. The predicted molar refractivity (Wildman–Crippen MR) is 78.1 cm³/mol. The Morgan fingerprint density at radius 3 is 2.68 bits per heavy atom. The van der Waals surface area contributed by atoms with E-state index < -0.39 is 0 Å². The average Bonchev–Trinajstić information content (AvgIpc) is 2.41. The van der Waals surface area contributed by atoms with Crippen LogP contribution >= 0.6 is 11.6 Å². The Hall–Kier alpha value is -1.84. The Labute approximate surface area is 117 Å². The van der Waals surface area contributed by atoms with E-state index in [1.165, 1.54) is 0 Å². The van der Waals surface area contributed by atoms with Crippen molar-refractivity contribution in [3.8, 4) is 0 Å². The number of halogens is 1. The van der Waals surface area contributed by atoms with Crippen molar-refractivity contribution >= 4 is 23.2 Å². The second kappa shape index (κ2) is 6.36. The molecule has 3 N–H and O–H groups in total. The predicted octanol–water partition coefficient (Wildman–Crippen LogP) is 2.98. The molecule has 4 heteroatoms. The molecule has 0 spiro atoms. The first-order valence-electron chi connectivity index (χ1n) is 6.01. The van der Waals surface area contributed by atoms with E-state index in [1.54, 1.807) is 6.07 Å². The number of anilines is 1. The molecule has 0 aromatic heterocycles. The third-order valence-corrected chi connectivity index (χ3v) is 3.12. The Morgan fingerprint density at radius 1 is 1.16 bits per heavy atom. The van der Waals surface area contributed by atoms with Crippen molar-refractivity contribution in [2.75, 3.05) is 5.32 Å². The molecule has 0 aliphatic heterocycles. The molecule has 2 rings (SSSR count). The van der Waals surface area contributed by atoms with Gasteiger partial charge in [0.15, 0.2) is 0 Å². The Balaban J connectivity index is 2.03. The van der Waals surface area contributed by atoms with Crippen molar-refractivity contribution in [3.05, 3.63) is 64.7 Å². The maximum Gasteiger partial charge on any atom is 0.228 e. The lowest BCUT2D eigenvalue weighted by molar-refractivity contribution is -0.115. The molecule has 0 fully saturated rings. The van der Waals surface area contributed by atoms with Crippen molar-refractivity contribution in [3.63, 3.8) is 0 Å². The van der Waals surface area contributed by atoms with Gasteiger partial charge in [-0.2, -0.15) is 0 Å². The van der Waals surface area contributed by atoms with Crippen molar-refractivity contribution < 1.29 is 4.79 Å². The van der Waals surface area contributed by atoms with Crippen LogP contribution in [0.2, 0.25) is 5.02 Å². The van der Waals surface area contributed by atoms with Gasteiger partial charge in [0.1, 0.15) is 0 Å². The summed E-state index contributed by atoms with van der Waals surface area (Å²) >= 11 is 6.02. The zero-order valence-electron chi connectivity index (χ0n) is 10.4. The number of nitrogens with one attached hydrogen (secondary N) is 1. The van der Waals surface area contributed by atoms with Crippen molar-refractivity contribution in [2.45, 2.75) is 13.0 Å². The van der Waals surface area contributed by atoms with E-state index in [0.29, 0.717) is 11.6 Å². The van der Waals surface area contributed by atoms with E-state index in [1.807, 2.05) is 42.5 Å². The standard InChI is InChI=1S/C15H15ClN2O/c16-14-7-2-1-5-12(14)9-15(19)18-13-6-3-4-11(8-13)10-17/h1-8H,9-10,17H2,(H,18,19). The summed E-state index contributed by atoms with van der Waals surface area (Å²) < 4.78 is 0. The zero-order valence-corrected chi connectivity index (χ0v) is 11.2. The van der Waals surface area contributed by atoms with Crippen molar-refractivity contribution in [1.29, 1.82) is 0 Å². The van der Waals surface area contributed by atoms with Crippen LogP contribution in [0.1, 0.15) is 11.1 Å². The largest absolute Gasteiger partial charge is 0.326 e. The highest BCUT2D eigenvalue weighted by Crippen LogP contribution is 2.16. The number of hydrogen-bond acceptors (Lipinski definition) is 2. The maximum absolute atomic E-state index is 11.9. The van der Waals surface area contributed by atoms with E-state index in [2.05, 4.69) is 5.32 Å². The molecule has 0 saturated heterocycles. The molecule has 0 atom stereocenters. The molecular weight excluding hydrogens is 260 g/mol. The number of carbonyl (C=O) groups is 1. The second-order valence-corrected chi connectivity index (χ2v) is 4.63. The lowest BCUT2D eigenvalue weighted by Crippen LogP contribution is -2.14. The zero-order chi connectivity index (χ0) is 13.7. The van der Waals surface area contributed by atoms with Gasteiger partial charge >= 0.3 is 0 Å². The molecular formula is C15H15ClN2O. The summed E-state index contributed by atoms with van der Waals surface area (Å²) in [5, 5.41) is 3.44. The van der Waals surface area contributed by atoms with Crippen molar-refractivity contribution in [2.24, 2.45) is 5.73 Å². The summed E-state index contributed by atoms with van der Waals surface area (Å²) in [5.74, 6) is -0.0951. The van der Waals surface area contributed by atoms with E-state index in [0.717, 1.165) is 16.8 Å². The third kappa shape index (κ3) is 3.81. The highest BCUT2D eigenvalue weighted by molar-refractivity contribution is 6.31. The lowest BCUT2D eigenvalue weighted by atomic mass is 10.1. The van der Waals surface area contributed by atoms with Crippen LogP contribution in [0.25, 0.3) is 0 Å². The summed E-state index contributed by atoms with van der Waals surface area (Å²) in [7, 11) is 0. The highest BCUT2D eigenvalue weighted by Gasteiger charge is 2.07. The van der Waals surface area contributed by atoms with Gasteiger partial charge in [-0.3, -0.25) is 4.79 Å². The fourth-order valence-electron chi connectivity index (χ4n) is 1.80. The van der Waals surface area contributed by atoms with Gasteiger partial charge in [-0.05, 0) is 29.3 Å². The topological polar surface area (TPSA) is 55.1 Å². The Morgan fingerprint density at radius 2 is 1.95 bits per heavy atom. The molecule has 2 aromatic rings. The quantitative estimate of drug-likeness (QED) is 0.901. The minimum atomic E-state index is -0.0951. The number of carbonyl (C=O) groups excluding carboxylic acids is 1. The molecule has 0 heterocycles. The summed E-state index contributed by atoms with van der Waals surface area (Å²) in [5.41, 5.74) is 8.11. The van der Waals surface area contributed by atoms with Crippen LogP contribution in [-0.4, -0.2) is 5.91 Å². The molecule has 19 heavy (non-hydrogen) atoms. The van der Waals surface area contributed by atoms with Gasteiger partial charge in [-0.25, -0.2) is 0 Å². The van der Waals surface area contributed by atoms with Gasteiger partial charge in [-0.1, -0.05) is 41.9 Å². The van der Waals surface area contributed by atoms with E-state index in [-0.39, 0.29) is 12.3 Å². The SMILES string of the molecule is NCc1cccc(NC(=O)Cc2ccccc2Cl)c1. The van der Waals surface area contributed by atoms with Gasteiger partial charge < -0.3 is 11.1 Å². The number of nitrogens with two attached hydrogens (primary N) is 1. The number of rotatable bonds is 4. The monoisotopic (exact) mass is 274 g/mol. The van der Waals surface area contributed by atoms with Crippen LogP contribution in [0.15, 0.2) is 48.5 Å². The Kier molecular flexibility index (Phi) is 4.55. The molecule has 0 radical (unpaired) electrons. The maximum atomic E-state index is 11.9. The molecule has 98 valence electrons. The van der Waals surface area contributed by atoms with Crippen molar-refractivity contribution in [1.82, 2.24) is 0 Å². The minimum Gasteiger partial charge on any atom is -0.326 e. The first kappa shape index (κ1) is 13.6. The summed E-state index contributed by atoms with van der Waals surface area (Å²) in [4.78, 5) is 11.9. The molecule has 0 aliphatic rings. The summed E-state index contributed by atoms with van der Waals surface area (Å²) in [6.45, 7) is 0.453. The van der Waals surface area contributed by atoms with Crippen LogP contribution in [0.4, 0.5) is 5.69 Å². The third-order valence-electron chi connectivity index (χ3n) is 2.76. The molecule has 3 nitrogen and oxygen atoms in total. The molecule has 2 aromatic carbocycles. The fourth-order valence-corrected chi connectivity index (χ4v) is 2.00. The van der Waals surface area contributed by atoms with Crippen LogP contribution in [0.5, 0.6) is 0 Å². The van der Waals surface area contributed by atoms with Crippen LogP contribution < -0.4 is 11.1 Å². The van der Waals surface area contributed by atoms with Gasteiger partial charge in [0.25, 0.3) is 0 Å². The van der Waals surface area contributed by atoms with Crippen LogP contribution in [-0.2, 0) is 17.8 Å². The van der Waals surface area contributed by atoms with Gasteiger partial charge in [0.2, 0.25) is 5.91 Å². The van der Waals surface area contributed by atoms with E-state index in [9.17, 15) is 4.79 Å². The summed E-state index contributed by atoms with van der Waals surface area (Å²) in [6.07, 6.45) is 0.256. The van der Waals surface area contributed by atoms with Crippen LogP contribution in [0.3, 0.4) is 0 Å². The van der Waals surface area contributed by atoms with Gasteiger partial charge in [-0.15, -0.1) is 0 Å². The molecule has 0 aliphatic carbocycles. The fraction of sp³-hybridized carbons (Fsp3) is 0.133. The number of benzene rings is 2. The normalized spacial score (nSPS) is 10.2.